The Morgan fingerprint density at radius 1 is 0.988 bits per heavy atom. The molecular weight excluding hydrogens is 1060 g/mol. The second kappa shape index (κ2) is 22.3. The van der Waals surface area contributed by atoms with Crippen LogP contribution in [-0.4, -0.2) is 132 Å². The van der Waals surface area contributed by atoms with E-state index in [1.807, 2.05) is 38.1 Å². The summed E-state index contributed by atoms with van der Waals surface area (Å²) in [5.74, 6) is -1.37. The SMILES string of the molecule is CC(C)[C@@H](C(=O)N1C[C@H](O)C[C@H]1C(=O)NC(CO)c1ccc(-c2ccncc2F)cc1)n1cc(-c2ccc(COc3c(-c4ccc(F)c5sc(N)c(C#N)c45)ncc4c(N5C[C@@H]6C[C@H]5CN6)nc(OC5CCOCC5)nc34)cc2)nn1. The van der Waals surface area contributed by atoms with Crippen LogP contribution >= 0.6 is 11.3 Å². The number of amides is 2. The number of nitrogens with one attached hydrogen (secondary N) is 2. The number of aromatic nitrogens is 7. The standard InChI is InChI=1S/C58H57F2N13O7S/c1-30(2)51(57(77)72-26-37(75)20-47(72)56(76)66-46(28-74)34-9-7-32(8-10-34)39-13-16-63-24-44(39)60)73-27-45(69-70-73)33-5-3-31(4-6-33)29-79-52-49(40-11-12-43(59)53-48(40)41(21-61)54(62)81-53)65-23-42-50(52)67-58(80-38-14-17-78-18-15-38)68-55(42)71-25-35-19-36(71)22-64-35/h3-13,16,23-24,27,30,35-38,46-47,51,64,74-75H,14-15,17-20,22,25-26,28-29,62H2,1-2H3,(H,66,76)/t35-,36-,37+,46?,47-,51-/m0/s1. The number of thiophene rings is 1. The van der Waals surface area contributed by atoms with Gasteiger partial charge >= 0.3 is 6.01 Å². The van der Waals surface area contributed by atoms with Crippen molar-refractivity contribution in [3.8, 4) is 51.5 Å². The van der Waals surface area contributed by atoms with Gasteiger partial charge in [0.1, 0.15) is 70.2 Å². The van der Waals surface area contributed by atoms with Crippen molar-refractivity contribution in [2.45, 2.75) is 88.6 Å². The summed E-state index contributed by atoms with van der Waals surface area (Å²) in [6.07, 6.45) is 7.12. The molecule has 4 fully saturated rings. The summed E-state index contributed by atoms with van der Waals surface area (Å²) in [4.78, 5) is 51.0. The smallest absolute Gasteiger partial charge is 0.319 e. The van der Waals surface area contributed by atoms with Crippen LogP contribution in [0, 0.1) is 28.9 Å². The number of β-amino-alcohol motifs (C(OH)–C–C–N with tert-alkyl or cyclic N) is 1. The number of nitrogen functional groups attached to an aromatic ring is 1. The van der Waals surface area contributed by atoms with E-state index in [1.165, 1.54) is 21.8 Å². The molecule has 0 aliphatic carbocycles. The molecule has 6 N–H and O–H groups in total. The van der Waals surface area contributed by atoms with Crippen molar-refractivity contribution in [1.82, 2.24) is 50.5 Å². The van der Waals surface area contributed by atoms with Crippen molar-refractivity contribution in [2.24, 2.45) is 5.92 Å². The van der Waals surface area contributed by atoms with Gasteiger partial charge in [0.2, 0.25) is 11.8 Å². The van der Waals surface area contributed by atoms with Gasteiger partial charge in [0.15, 0.2) is 5.75 Å². The average molecular weight is 1120 g/mol. The highest BCUT2D eigenvalue weighted by atomic mass is 32.1. The number of carbonyl (C=O) groups is 2. The van der Waals surface area contributed by atoms with E-state index < -0.39 is 54.3 Å². The van der Waals surface area contributed by atoms with E-state index in [4.69, 9.17) is 34.9 Å². The molecular formula is C58H57F2N13O7S. The van der Waals surface area contributed by atoms with E-state index in [0.717, 1.165) is 42.6 Å². The van der Waals surface area contributed by atoms with Gasteiger partial charge in [0.25, 0.3) is 0 Å². The maximum Gasteiger partial charge on any atom is 0.319 e. The molecule has 2 amide bonds. The monoisotopic (exact) mass is 1120 g/mol. The summed E-state index contributed by atoms with van der Waals surface area (Å²) < 4.78 is 50.6. The molecule has 0 radical (unpaired) electrons. The first-order valence-corrected chi connectivity index (χ1v) is 27.7. The Hall–Kier alpha value is -8.27. The molecule has 0 saturated carbocycles. The van der Waals surface area contributed by atoms with Crippen LogP contribution in [0.1, 0.15) is 68.3 Å². The number of aliphatic hydroxyl groups is 2. The normalized spacial score (nSPS) is 19.8. The maximum absolute atomic E-state index is 15.5. The Morgan fingerprint density at radius 2 is 1.78 bits per heavy atom. The zero-order valence-corrected chi connectivity index (χ0v) is 45.0. The van der Waals surface area contributed by atoms with Crippen LogP contribution in [0.2, 0.25) is 0 Å². The number of anilines is 2. The Labute approximate surface area is 467 Å². The number of halogens is 2. The number of carbonyl (C=O) groups excluding carboxylic acids is 2. The molecule has 4 aliphatic heterocycles. The number of benzene rings is 3. The van der Waals surface area contributed by atoms with Gasteiger partial charge in [-0.15, -0.1) is 16.4 Å². The van der Waals surface area contributed by atoms with Gasteiger partial charge < -0.3 is 50.6 Å². The number of nitriles is 1. The van der Waals surface area contributed by atoms with Gasteiger partial charge in [0.05, 0.1) is 60.0 Å². The van der Waals surface area contributed by atoms with Gasteiger partial charge in [-0.2, -0.15) is 15.2 Å². The van der Waals surface area contributed by atoms with Crippen molar-refractivity contribution in [3.63, 3.8) is 0 Å². The van der Waals surface area contributed by atoms with Crippen LogP contribution < -0.4 is 30.7 Å². The number of likely N-dealkylation sites (tertiary alicyclic amines) is 1. The van der Waals surface area contributed by atoms with Crippen LogP contribution in [0.4, 0.5) is 19.6 Å². The van der Waals surface area contributed by atoms with Crippen molar-refractivity contribution in [2.75, 3.05) is 50.1 Å². The third-order valence-corrected chi connectivity index (χ3v) is 16.7. The van der Waals surface area contributed by atoms with Gasteiger partial charge in [-0.05, 0) is 47.2 Å². The summed E-state index contributed by atoms with van der Waals surface area (Å²) in [5.41, 5.74) is 11.1. The number of rotatable bonds is 16. The Kier molecular flexibility index (Phi) is 14.7. The lowest BCUT2D eigenvalue weighted by Crippen LogP contribution is -2.50. The molecule has 416 valence electrons. The van der Waals surface area contributed by atoms with Crippen molar-refractivity contribution in [1.29, 1.82) is 5.26 Å². The lowest BCUT2D eigenvalue weighted by molar-refractivity contribution is -0.142. The summed E-state index contributed by atoms with van der Waals surface area (Å²) in [6.45, 7) is 5.82. The molecule has 3 aromatic carbocycles. The molecule has 4 saturated heterocycles. The van der Waals surface area contributed by atoms with Crippen molar-refractivity contribution >= 4 is 55.0 Å². The minimum absolute atomic E-state index is 0.0160. The van der Waals surface area contributed by atoms with E-state index >= 15 is 4.39 Å². The van der Waals surface area contributed by atoms with E-state index in [1.54, 1.807) is 48.8 Å². The van der Waals surface area contributed by atoms with Gasteiger partial charge in [-0.1, -0.05) is 67.6 Å². The summed E-state index contributed by atoms with van der Waals surface area (Å²) >= 11 is 0.994. The van der Waals surface area contributed by atoms with Crippen LogP contribution in [-0.2, 0) is 20.9 Å². The van der Waals surface area contributed by atoms with Crippen molar-refractivity contribution in [3.05, 3.63) is 120 Å². The molecule has 5 aromatic heterocycles. The number of hydrogen-bond acceptors (Lipinski definition) is 18. The van der Waals surface area contributed by atoms with Crippen LogP contribution in [0.3, 0.4) is 0 Å². The average Bonchev–Trinajstić information content (AvgIpc) is 4.38. The predicted octanol–water partition coefficient (Wildman–Crippen LogP) is 6.66. The Balaban J connectivity index is 0.808. The number of ether oxygens (including phenoxy) is 3. The molecule has 2 bridgehead atoms. The fourth-order valence-electron chi connectivity index (χ4n) is 11.5. The summed E-state index contributed by atoms with van der Waals surface area (Å²) in [7, 11) is 0. The molecule has 12 rings (SSSR count). The van der Waals surface area contributed by atoms with E-state index in [2.05, 4.69) is 36.9 Å². The molecule has 9 heterocycles. The predicted molar refractivity (Wildman–Crippen MR) is 297 cm³/mol. The molecule has 0 spiro atoms. The molecule has 1 unspecified atom stereocenters. The number of pyridine rings is 2. The molecule has 6 atom stereocenters. The fraction of sp³-hybridized carbons (Fsp3) is 0.362. The second-order valence-corrected chi connectivity index (χ2v) is 22.3. The molecule has 23 heteroatoms. The van der Waals surface area contributed by atoms with Gasteiger partial charge in [0, 0.05) is 85.5 Å². The third-order valence-electron chi connectivity index (χ3n) is 15.7. The molecule has 8 aromatic rings. The van der Waals surface area contributed by atoms with E-state index in [0.29, 0.717) is 93.4 Å². The molecule has 4 aliphatic rings. The number of piperazine rings is 1. The first-order chi connectivity index (χ1) is 39.3. The van der Waals surface area contributed by atoms with Crippen LogP contribution in [0.25, 0.3) is 54.6 Å². The number of hydrogen-bond donors (Lipinski definition) is 5. The lowest BCUT2D eigenvalue weighted by Gasteiger charge is -2.30. The largest absolute Gasteiger partial charge is 0.484 e. The zero-order chi connectivity index (χ0) is 56.1. The molecule has 20 nitrogen and oxygen atoms in total. The summed E-state index contributed by atoms with van der Waals surface area (Å²) in [6, 6.07) is 18.7. The third kappa shape index (κ3) is 10.3. The highest BCUT2D eigenvalue weighted by Gasteiger charge is 2.44. The Morgan fingerprint density at radius 3 is 2.49 bits per heavy atom. The van der Waals surface area contributed by atoms with E-state index in [9.17, 15) is 29.5 Å². The highest BCUT2D eigenvalue weighted by molar-refractivity contribution is 7.23. The second-order valence-electron chi connectivity index (χ2n) is 21.2. The van der Waals surface area contributed by atoms with Crippen LogP contribution in [0.15, 0.2) is 91.5 Å². The zero-order valence-electron chi connectivity index (χ0n) is 44.2. The topological polar surface area (TPSA) is 265 Å². The summed E-state index contributed by atoms with van der Waals surface area (Å²) in [5, 5.41) is 48.0. The van der Waals surface area contributed by atoms with Gasteiger partial charge in [-0.3, -0.25) is 19.6 Å². The first kappa shape index (κ1) is 53.4. The van der Waals surface area contributed by atoms with Gasteiger partial charge in [-0.25, -0.2) is 13.5 Å². The number of nitrogens with zero attached hydrogens (tertiary/aromatic N) is 10. The Bertz CT molecular complexity index is 3720. The van der Waals surface area contributed by atoms with Crippen LogP contribution in [0.5, 0.6) is 11.8 Å². The highest BCUT2D eigenvalue weighted by Crippen LogP contribution is 2.46. The lowest BCUT2D eigenvalue weighted by atomic mass is 10.0. The first-order valence-electron chi connectivity index (χ1n) is 26.9. The quantitative estimate of drug-likeness (QED) is 0.0677. The fourth-order valence-corrected chi connectivity index (χ4v) is 12.5. The number of fused-ring (bicyclic) bond motifs is 4. The van der Waals surface area contributed by atoms with E-state index in [-0.39, 0.29) is 64.7 Å². The minimum atomic E-state index is -1.05. The number of nitrogens with two attached hydrogens (primary N) is 1. The minimum Gasteiger partial charge on any atom is -0.484 e. The van der Waals surface area contributed by atoms with Crippen molar-refractivity contribution < 1.29 is 42.8 Å². The molecule has 81 heavy (non-hydrogen) atoms. The maximum atomic E-state index is 15.5. The number of aliphatic hydroxyl groups excluding tert-OH is 2.